The zero-order valence-electron chi connectivity index (χ0n) is 23.6. The van der Waals surface area contributed by atoms with Crippen LogP contribution in [0.4, 0.5) is 4.39 Å². The van der Waals surface area contributed by atoms with E-state index < -0.39 is 11.8 Å². The monoisotopic (exact) mass is 593 g/mol. The van der Waals surface area contributed by atoms with Crippen molar-refractivity contribution in [3.63, 3.8) is 0 Å². The number of nitrogens with zero attached hydrogens (tertiary/aromatic N) is 7. The number of hydrogen-bond acceptors (Lipinski definition) is 8. The van der Waals surface area contributed by atoms with Crippen LogP contribution >= 0.6 is 11.6 Å². The van der Waals surface area contributed by atoms with E-state index in [0.717, 1.165) is 49.7 Å². The predicted octanol–water partition coefficient (Wildman–Crippen LogP) is 4.88. The number of hydrogen-bond donors (Lipinski definition) is 0. The maximum absolute atomic E-state index is 14.1. The summed E-state index contributed by atoms with van der Waals surface area (Å²) in [7, 11) is 1.34. The lowest BCUT2D eigenvalue weighted by Crippen LogP contribution is -2.33. The predicted molar refractivity (Wildman–Crippen MR) is 155 cm³/mol. The lowest BCUT2D eigenvalue weighted by Gasteiger charge is -2.31. The van der Waals surface area contributed by atoms with Gasteiger partial charge in [-0.1, -0.05) is 23.7 Å². The van der Waals surface area contributed by atoms with Crippen LogP contribution in [-0.4, -0.2) is 60.4 Å². The smallest absolute Gasteiger partial charge is 0.330 e. The van der Waals surface area contributed by atoms with Gasteiger partial charge in [0.05, 0.1) is 32.2 Å². The number of carbonyl (C=O) groups is 1. The molecule has 1 aliphatic heterocycles. The van der Waals surface area contributed by atoms with Gasteiger partial charge >= 0.3 is 5.97 Å². The third-order valence-corrected chi connectivity index (χ3v) is 7.63. The Morgan fingerprint density at radius 1 is 1.17 bits per heavy atom. The summed E-state index contributed by atoms with van der Waals surface area (Å²) in [4.78, 5) is 23.1. The molecule has 0 unspecified atom stereocenters. The van der Waals surface area contributed by atoms with Crippen LogP contribution in [0, 0.1) is 5.82 Å². The van der Waals surface area contributed by atoms with E-state index in [1.807, 2.05) is 22.9 Å². The van der Waals surface area contributed by atoms with Crippen LogP contribution < -0.4 is 4.74 Å². The second-order valence-corrected chi connectivity index (χ2v) is 10.5. The van der Waals surface area contributed by atoms with Crippen molar-refractivity contribution in [3.8, 4) is 5.88 Å². The Bertz CT molecular complexity index is 1550. The van der Waals surface area contributed by atoms with Gasteiger partial charge in [-0.05, 0) is 57.1 Å². The molecule has 1 aromatic carbocycles. The molecule has 4 aromatic rings. The van der Waals surface area contributed by atoms with E-state index >= 15 is 0 Å². The normalized spacial score (nSPS) is 14.5. The van der Waals surface area contributed by atoms with Gasteiger partial charge < -0.3 is 18.6 Å². The zero-order chi connectivity index (χ0) is 29.5. The highest BCUT2D eigenvalue weighted by Gasteiger charge is 2.24. The Hall–Kier alpha value is -4.09. The molecule has 0 spiro atoms. The average molecular weight is 594 g/mol. The number of piperidine rings is 1. The van der Waals surface area contributed by atoms with Crippen LogP contribution in [-0.2, 0) is 35.8 Å². The van der Waals surface area contributed by atoms with Crippen LogP contribution in [0.25, 0.3) is 6.08 Å². The van der Waals surface area contributed by atoms with Crippen LogP contribution in [0.3, 0.4) is 0 Å². The van der Waals surface area contributed by atoms with Crippen molar-refractivity contribution in [1.82, 2.24) is 34.2 Å². The van der Waals surface area contributed by atoms with Crippen LogP contribution in [0.1, 0.15) is 54.3 Å². The van der Waals surface area contributed by atoms with Gasteiger partial charge in [0.1, 0.15) is 18.2 Å². The molecule has 0 bridgehead atoms. The number of pyridine rings is 1. The summed E-state index contributed by atoms with van der Waals surface area (Å²) in [6.07, 6.45) is 8.47. The van der Waals surface area contributed by atoms with E-state index in [-0.39, 0.29) is 12.5 Å². The van der Waals surface area contributed by atoms with Gasteiger partial charge in [0.2, 0.25) is 5.88 Å². The second kappa shape index (κ2) is 13.7. The molecule has 0 amide bonds. The van der Waals surface area contributed by atoms with Crippen LogP contribution in [0.15, 0.2) is 55.0 Å². The molecule has 12 heteroatoms. The summed E-state index contributed by atoms with van der Waals surface area (Å²) in [5.41, 5.74) is 2.42. The molecule has 5 rings (SSSR count). The SMILES string of the molecule is CCn1cncc1Cn1c(/C=C/C(=O)OC)nnc1CN1CCC(c2cccc(OCc3ccc(Cl)cc3F)n2)CC1. The number of aryl methyl sites for hydroxylation is 1. The first-order valence-electron chi connectivity index (χ1n) is 13.9. The number of methoxy groups -OCH3 is 1. The van der Waals surface area contributed by atoms with E-state index in [1.165, 1.54) is 19.3 Å². The summed E-state index contributed by atoms with van der Waals surface area (Å²) in [5, 5.41) is 9.17. The maximum atomic E-state index is 14.1. The van der Waals surface area contributed by atoms with Crippen molar-refractivity contribution in [2.45, 2.75) is 51.9 Å². The van der Waals surface area contributed by atoms with E-state index in [1.54, 1.807) is 30.6 Å². The number of halogens is 2. The minimum Gasteiger partial charge on any atom is -0.473 e. The largest absolute Gasteiger partial charge is 0.473 e. The number of benzene rings is 1. The van der Waals surface area contributed by atoms with Crippen molar-refractivity contribution in [2.75, 3.05) is 20.2 Å². The summed E-state index contributed by atoms with van der Waals surface area (Å²) < 4.78 is 28.8. The molecule has 10 nitrogen and oxygen atoms in total. The molecule has 3 aromatic heterocycles. The van der Waals surface area contributed by atoms with E-state index in [0.29, 0.717) is 35.4 Å². The first-order chi connectivity index (χ1) is 20.4. The molecule has 1 fully saturated rings. The Morgan fingerprint density at radius 3 is 2.76 bits per heavy atom. The summed E-state index contributed by atoms with van der Waals surface area (Å²) in [5.74, 6) is 1.29. The van der Waals surface area contributed by atoms with Crippen LogP contribution in [0.2, 0.25) is 5.02 Å². The Morgan fingerprint density at radius 2 is 2.00 bits per heavy atom. The van der Waals surface area contributed by atoms with Crippen molar-refractivity contribution in [1.29, 1.82) is 0 Å². The first-order valence-corrected chi connectivity index (χ1v) is 14.2. The topological polar surface area (TPSA) is 100 Å². The molecule has 0 aliphatic carbocycles. The standard InChI is InChI=1S/C30H33ClFN7O3/c1-3-38-20-33-16-24(38)17-39-27(9-10-30(40)41-2)35-36-28(39)18-37-13-11-21(12-14-37)26-5-4-6-29(34-26)42-19-22-7-8-23(31)15-25(22)32/h4-10,15-16,20-21H,3,11-14,17-19H2,1-2H3/b10-9+. The van der Waals surface area contributed by atoms with E-state index in [9.17, 15) is 9.18 Å². The molecule has 42 heavy (non-hydrogen) atoms. The fraction of sp³-hybridized carbons (Fsp3) is 0.367. The lowest BCUT2D eigenvalue weighted by molar-refractivity contribution is -0.134. The molecule has 220 valence electrons. The van der Waals surface area contributed by atoms with Gasteiger partial charge in [0.15, 0.2) is 5.82 Å². The average Bonchev–Trinajstić information content (AvgIpc) is 3.62. The van der Waals surface area contributed by atoms with Gasteiger partial charge in [-0.15, -0.1) is 10.2 Å². The molecule has 1 aliphatic rings. The van der Waals surface area contributed by atoms with E-state index in [4.69, 9.17) is 26.1 Å². The van der Waals surface area contributed by atoms with Gasteiger partial charge in [0, 0.05) is 47.1 Å². The number of rotatable bonds is 11. The van der Waals surface area contributed by atoms with Crippen molar-refractivity contribution in [2.24, 2.45) is 0 Å². The molecular formula is C30H33ClFN7O3. The fourth-order valence-corrected chi connectivity index (χ4v) is 5.17. The van der Waals surface area contributed by atoms with Crippen molar-refractivity contribution >= 4 is 23.6 Å². The molecule has 0 radical (unpaired) electrons. The molecular weight excluding hydrogens is 561 g/mol. The fourth-order valence-electron chi connectivity index (χ4n) is 5.01. The highest BCUT2D eigenvalue weighted by Crippen LogP contribution is 2.29. The van der Waals surface area contributed by atoms with Crippen molar-refractivity contribution in [3.05, 3.63) is 94.4 Å². The minimum absolute atomic E-state index is 0.0778. The third-order valence-electron chi connectivity index (χ3n) is 7.39. The molecule has 4 heterocycles. The highest BCUT2D eigenvalue weighted by molar-refractivity contribution is 6.30. The first kappa shape index (κ1) is 29.4. The van der Waals surface area contributed by atoms with Crippen molar-refractivity contribution < 1.29 is 18.7 Å². The summed E-state index contributed by atoms with van der Waals surface area (Å²) in [6, 6.07) is 10.3. The molecule has 0 saturated carbocycles. The summed E-state index contributed by atoms with van der Waals surface area (Å²) in [6.45, 7) is 5.82. The Labute approximate surface area is 248 Å². The number of carbonyl (C=O) groups excluding carboxylic acids is 1. The van der Waals surface area contributed by atoms with Gasteiger partial charge in [-0.25, -0.2) is 19.2 Å². The number of aromatic nitrogens is 6. The summed E-state index contributed by atoms with van der Waals surface area (Å²) >= 11 is 5.85. The second-order valence-electron chi connectivity index (χ2n) is 10.1. The Kier molecular flexibility index (Phi) is 9.60. The third kappa shape index (κ3) is 7.21. The number of ether oxygens (including phenoxy) is 2. The zero-order valence-corrected chi connectivity index (χ0v) is 24.4. The minimum atomic E-state index is -0.452. The van der Waals surface area contributed by atoms with Gasteiger partial charge in [-0.3, -0.25) is 4.90 Å². The van der Waals surface area contributed by atoms with Gasteiger partial charge in [-0.2, -0.15) is 0 Å². The van der Waals surface area contributed by atoms with Crippen LogP contribution in [0.5, 0.6) is 5.88 Å². The number of imidazole rings is 1. The quantitative estimate of drug-likeness (QED) is 0.179. The van der Waals surface area contributed by atoms with E-state index in [2.05, 4.69) is 31.6 Å². The lowest BCUT2D eigenvalue weighted by atomic mass is 9.93. The Balaban J connectivity index is 1.22. The molecule has 0 atom stereocenters. The number of esters is 1. The maximum Gasteiger partial charge on any atom is 0.330 e. The number of likely N-dealkylation sites (tertiary alicyclic amines) is 1. The van der Waals surface area contributed by atoms with Gasteiger partial charge in [0.25, 0.3) is 0 Å². The molecule has 0 N–H and O–H groups in total. The highest BCUT2D eigenvalue weighted by atomic mass is 35.5. The molecule has 1 saturated heterocycles.